The van der Waals surface area contributed by atoms with Crippen molar-refractivity contribution in [1.82, 2.24) is 4.90 Å². The van der Waals surface area contributed by atoms with Crippen LogP contribution in [-0.2, 0) is 11.2 Å². The molecule has 0 bridgehead atoms. The van der Waals surface area contributed by atoms with Crippen LogP contribution in [0.2, 0.25) is 0 Å². The van der Waals surface area contributed by atoms with Gasteiger partial charge in [-0.15, -0.1) is 0 Å². The van der Waals surface area contributed by atoms with Crippen molar-refractivity contribution in [3.05, 3.63) is 35.9 Å². The number of amidine groups is 1. The molecule has 0 N–H and O–H groups in total. The monoisotopic (exact) mass is 290 g/mol. The molecule has 1 heterocycles. The number of thioether (sulfide) groups is 1. The van der Waals surface area contributed by atoms with E-state index in [0.717, 1.165) is 17.3 Å². The van der Waals surface area contributed by atoms with Gasteiger partial charge in [0, 0.05) is 18.3 Å². The molecule has 0 aromatic heterocycles. The fraction of sp³-hybridized carbons (Fsp3) is 0.500. The van der Waals surface area contributed by atoms with Crippen LogP contribution in [0, 0.1) is 5.92 Å². The third-order valence-corrected chi connectivity index (χ3v) is 4.78. The number of hydrogen-bond donors (Lipinski definition) is 0. The van der Waals surface area contributed by atoms with E-state index < -0.39 is 0 Å². The molecule has 0 saturated carbocycles. The lowest BCUT2D eigenvalue weighted by Crippen LogP contribution is -2.43. The van der Waals surface area contributed by atoms with Crippen molar-refractivity contribution < 1.29 is 4.79 Å². The molecule has 1 unspecified atom stereocenters. The molecule has 20 heavy (non-hydrogen) atoms. The summed E-state index contributed by atoms with van der Waals surface area (Å²) in [5.41, 5.74) is 1.19. The van der Waals surface area contributed by atoms with Crippen molar-refractivity contribution >= 4 is 22.8 Å². The van der Waals surface area contributed by atoms with E-state index in [-0.39, 0.29) is 17.4 Å². The van der Waals surface area contributed by atoms with Gasteiger partial charge >= 0.3 is 0 Å². The molecule has 1 aromatic carbocycles. The number of benzene rings is 1. The predicted molar refractivity (Wildman–Crippen MR) is 86.1 cm³/mol. The molecule has 0 fully saturated rings. The largest absolute Gasteiger partial charge is 0.349 e. The van der Waals surface area contributed by atoms with Gasteiger partial charge in [0.15, 0.2) is 5.17 Å². The summed E-state index contributed by atoms with van der Waals surface area (Å²) in [5.74, 6) is 0.825. The molecule has 1 atom stereocenters. The standard InChI is InChI=1S/C16H22N2OS/c1-16(2,3)18(4)15-17-14(19)13(11-20-15)10-12-8-6-5-7-9-12/h5-9,13H,10-11H2,1-4H3. The van der Waals surface area contributed by atoms with Gasteiger partial charge < -0.3 is 4.90 Å². The summed E-state index contributed by atoms with van der Waals surface area (Å²) in [4.78, 5) is 18.6. The van der Waals surface area contributed by atoms with Crippen LogP contribution in [0.15, 0.2) is 35.3 Å². The van der Waals surface area contributed by atoms with E-state index in [1.165, 1.54) is 5.56 Å². The van der Waals surface area contributed by atoms with Crippen molar-refractivity contribution in [3.8, 4) is 0 Å². The Bertz CT molecular complexity index is 505. The first-order valence-corrected chi connectivity index (χ1v) is 7.89. The predicted octanol–water partition coefficient (Wildman–Crippen LogP) is 3.21. The van der Waals surface area contributed by atoms with Gasteiger partial charge in [0.2, 0.25) is 0 Å². The fourth-order valence-corrected chi connectivity index (χ4v) is 3.20. The van der Waals surface area contributed by atoms with Crippen LogP contribution in [-0.4, -0.2) is 34.3 Å². The number of aliphatic imine (C=N–C) groups is 1. The maximum atomic E-state index is 12.2. The quantitative estimate of drug-likeness (QED) is 0.838. The van der Waals surface area contributed by atoms with Gasteiger partial charge in [-0.1, -0.05) is 42.1 Å². The first-order valence-electron chi connectivity index (χ1n) is 6.91. The molecular formula is C16H22N2OS. The molecule has 0 saturated heterocycles. The number of rotatable bonds is 2. The van der Waals surface area contributed by atoms with E-state index in [0.29, 0.717) is 0 Å². The third kappa shape index (κ3) is 3.63. The first kappa shape index (κ1) is 15.1. The zero-order chi connectivity index (χ0) is 14.8. The second kappa shape index (κ2) is 6.00. The molecule has 4 heteroatoms. The summed E-state index contributed by atoms with van der Waals surface area (Å²) < 4.78 is 0. The Morgan fingerprint density at radius 2 is 1.95 bits per heavy atom. The van der Waals surface area contributed by atoms with Crippen molar-refractivity contribution in [1.29, 1.82) is 0 Å². The maximum Gasteiger partial charge on any atom is 0.252 e. The second-order valence-electron chi connectivity index (χ2n) is 6.16. The third-order valence-electron chi connectivity index (χ3n) is 3.59. The minimum absolute atomic E-state index is 0.000446. The Morgan fingerprint density at radius 1 is 1.30 bits per heavy atom. The lowest BCUT2D eigenvalue weighted by molar-refractivity contribution is -0.121. The molecule has 1 aliphatic heterocycles. The molecule has 1 aromatic rings. The van der Waals surface area contributed by atoms with Crippen LogP contribution in [0.4, 0.5) is 0 Å². The maximum absolute atomic E-state index is 12.2. The normalized spacial score (nSPS) is 19.7. The van der Waals surface area contributed by atoms with Crippen LogP contribution in [0.5, 0.6) is 0 Å². The highest BCUT2D eigenvalue weighted by Gasteiger charge is 2.29. The zero-order valence-corrected chi connectivity index (χ0v) is 13.4. The average molecular weight is 290 g/mol. The van der Waals surface area contributed by atoms with Gasteiger partial charge in [-0.2, -0.15) is 4.99 Å². The van der Waals surface area contributed by atoms with Crippen molar-refractivity contribution in [3.63, 3.8) is 0 Å². The lowest BCUT2D eigenvalue weighted by atomic mass is 10.0. The van der Waals surface area contributed by atoms with Gasteiger partial charge in [0.25, 0.3) is 5.91 Å². The highest BCUT2D eigenvalue weighted by atomic mass is 32.2. The van der Waals surface area contributed by atoms with Crippen LogP contribution < -0.4 is 0 Å². The Kier molecular flexibility index (Phi) is 4.53. The molecule has 0 spiro atoms. The Hall–Kier alpha value is -1.29. The number of carbonyl (C=O) groups is 1. The molecule has 1 amide bonds. The van der Waals surface area contributed by atoms with Gasteiger partial charge in [0.05, 0.1) is 5.92 Å². The van der Waals surface area contributed by atoms with E-state index in [9.17, 15) is 4.79 Å². The van der Waals surface area contributed by atoms with Gasteiger partial charge in [-0.25, -0.2) is 0 Å². The number of amides is 1. The minimum atomic E-state index is -0.0155. The molecule has 0 aliphatic carbocycles. The van der Waals surface area contributed by atoms with E-state index in [1.54, 1.807) is 11.8 Å². The SMILES string of the molecule is CN(C1=NC(=O)C(Cc2ccccc2)CS1)C(C)(C)C. The van der Waals surface area contributed by atoms with Gasteiger partial charge in [0.1, 0.15) is 0 Å². The topological polar surface area (TPSA) is 32.7 Å². The van der Waals surface area contributed by atoms with Gasteiger partial charge in [-0.05, 0) is 32.8 Å². The minimum Gasteiger partial charge on any atom is -0.349 e. The number of nitrogens with zero attached hydrogens (tertiary/aromatic N) is 2. The van der Waals surface area contributed by atoms with E-state index >= 15 is 0 Å². The zero-order valence-electron chi connectivity index (χ0n) is 12.6. The fourth-order valence-electron chi connectivity index (χ4n) is 1.97. The molecule has 108 valence electrons. The smallest absolute Gasteiger partial charge is 0.252 e. The first-order chi connectivity index (χ1) is 9.38. The van der Waals surface area contributed by atoms with E-state index in [2.05, 4.69) is 42.8 Å². The van der Waals surface area contributed by atoms with Crippen LogP contribution in [0.1, 0.15) is 26.3 Å². The average Bonchev–Trinajstić information content (AvgIpc) is 2.40. The summed E-state index contributed by atoms with van der Waals surface area (Å²) in [6.07, 6.45) is 0.780. The van der Waals surface area contributed by atoms with Crippen LogP contribution >= 0.6 is 11.8 Å². The molecular weight excluding hydrogens is 268 g/mol. The van der Waals surface area contributed by atoms with E-state index in [4.69, 9.17) is 0 Å². The number of hydrogen-bond acceptors (Lipinski definition) is 3. The molecule has 2 rings (SSSR count). The summed E-state index contributed by atoms with van der Waals surface area (Å²) in [6.45, 7) is 6.36. The van der Waals surface area contributed by atoms with Crippen LogP contribution in [0.25, 0.3) is 0 Å². The summed E-state index contributed by atoms with van der Waals surface area (Å²) in [5, 5.41) is 0.840. The molecule has 0 radical (unpaired) electrons. The molecule has 1 aliphatic rings. The summed E-state index contributed by atoms with van der Waals surface area (Å²) in [6, 6.07) is 10.2. The Balaban J connectivity index is 2.06. The van der Waals surface area contributed by atoms with Crippen molar-refractivity contribution in [2.24, 2.45) is 10.9 Å². The lowest BCUT2D eigenvalue weighted by Gasteiger charge is -2.36. The highest BCUT2D eigenvalue weighted by Crippen LogP contribution is 2.26. The van der Waals surface area contributed by atoms with E-state index in [1.807, 2.05) is 25.2 Å². The summed E-state index contributed by atoms with van der Waals surface area (Å²) in [7, 11) is 2.00. The van der Waals surface area contributed by atoms with Crippen LogP contribution in [0.3, 0.4) is 0 Å². The second-order valence-corrected chi connectivity index (χ2v) is 7.15. The molecule has 3 nitrogen and oxygen atoms in total. The highest BCUT2D eigenvalue weighted by molar-refractivity contribution is 8.13. The Labute approximate surface area is 125 Å². The Morgan fingerprint density at radius 3 is 2.50 bits per heavy atom. The van der Waals surface area contributed by atoms with Gasteiger partial charge in [-0.3, -0.25) is 4.79 Å². The number of carbonyl (C=O) groups excluding carboxylic acids is 1. The van der Waals surface area contributed by atoms with Crippen molar-refractivity contribution in [2.75, 3.05) is 12.8 Å². The van der Waals surface area contributed by atoms with Crippen molar-refractivity contribution in [2.45, 2.75) is 32.7 Å². The summed E-state index contributed by atoms with van der Waals surface area (Å²) >= 11 is 1.68.